The number of aromatic carboxylic acids is 1. The van der Waals surface area contributed by atoms with Gasteiger partial charge in [0.25, 0.3) is 5.91 Å². The summed E-state index contributed by atoms with van der Waals surface area (Å²) in [6, 6.07) is 4.55. The molecule has 2 rings (SSSR count). The molecule has 0 spiro atoms. The van der Waals surface area contributed by atoms with Crippen molar-refractivity contribution in [3.8, 4) is 0 Å². The van der Waals surface area contributed by atoms with Gasteiger partial charge in [0.15, 0.2) is 0 Å². The van der Waals surface area contributed by atoms with Crippen LogP contribution in [0.25, 0.3) is 0 Å². The number of hydrogen-bond donors (Lipinski definition) is 2. The maximum absolute atomic E-state index is 12.4. The highest BCUT2D eigenvalue weighted by atomic mass is 16.4. The number of rotatable bonds is 5. The Hall–Kier alpha value is -2.63. The summed E-state index contributed by atoms with van der Waals surface area (Å²) in [5.41, 5.74) is 4.38. The van der Waals surface area contributed by atoms with Gasteiger partial charge in [0.05, 0.1) is 11.3 Å². The maximum atomic E-state index is 12.4. The van der Waals surface area contributed by atoms with Crippen LogP contribution in [0, 0.1) is 20.8 Å². The molecule has 0 saturated heterocycles. The fourth-order valence-corrected chi connectivity index (χ4v) is 2.81. The summed E-state index contributed by atoms with van der Waals surface area (Å²) < 4.78 is 1.83. The summed E-state index contributed by atoms with van der Waals surface area (Å²) in [6.45, 7) is 7.66. The van der Waals surface area contributed by atoms with E-state index in [0.717, 1.165) is 22.5 Å². The Bertz CT molecular complexity index is 793. The van der Waals surface area contributed by atoms with Crippen molar-refractivity contribution in [1.82, 2.24) is 15.1 Å². The van der Waals surface area contributed by atoms with Gasteiger partial charge < -0.3 is 10.4 Å². The van der Waals surface area contributed by atoms with Crippen LogP contribution in [0.1, 0.15) is 50.2 Å². The first-order valence-corrected chi connectivity index (χ1v) is 7.84. The fraction of sp³-hybridized carbons (Fsp3) is 0.389. The Kier molecular flexibility index (Phi) is 5.07. The third kappa shape index (κ3) is 3.82. The average Bonchev–Trinajstić information content (AvgIpc) is 2.73. The van der Waals surface area contributed by atoms with Crippen LogP contribution < -0.4 is 5.32 Å². The molecule has 1 unspecified atom stereocenters. The number of benzene rings is 1. The SMILES string of the molecule is Cc1cc(C(=O)O)cc(C(=O)NC(C)Cc2c(C)nn(C)c2C)c1. The van der Waals surface area contributed by atoms with E-state index < -0.39 is 5.97 Å². The number of aryl methyl sites for hydroxylation is 3. The Labute approximate surface area is 141 Å². The van der Waals surface area contributed by atoms with Gasteiger partial charge in [-0.3, -0.25) is 9.48 Å². The van der Waals surface area contributed by atoms with E-state index >= 15 is 0 Å². The van der Waals surface area contributed by atoms with Crippen molar-refractivity contribution in [3.63, 3.8) is 0 Å². The van der Waals surface area contributed by atoms with Gasteiger partial charge in [-0.25, -0.2) is 4.79 Å². The lowest BCUT2D eigenvalue weighted by molar-refractivity contribution is 0.0696. The number of aromatic nitrogens is 2. The Balaban J connectivity index is 2.13. The van der Waals surface area contributed by atoms with Crippen molar-refractivity contribution in [2.75, 3.05) is 0 Å². The monoisotopic (exact) mass is 329 g/mol. The molecule has 6 heteroatoms. The molecule has 0 saturated carbocycles. The van der Waals surface area contributed by atoms with Crippen LogP contribution in [0.3, 0.4) is 0 Å². The topological polar surface area (TPSA) is 84.2 Å². The Morgan fingerprint density at radius 2 is 1.83 bits per heavy atom. The first kappa shape index (κ1) is 17.7. The fourth-order valence-electron chi connectivity index (χ4n) is 2.81. The summed E-state index contributed by atoms with van der Waals surface area (Å²) in [7, 11) is 1.90. The van der Waals surface area contributed by atoms with E-state index in [1.54, 1.807) is 19.1 Å². The maximum Gasteiger partial charge on any atom is 0.335 e. The van der Waals surface area contributed by atoms with Gasteiger partial charge in [-0.15, -0.1) is 0 Å². The molecule has 0 bridgehead atoms. The number of nitrogens with zero attached hydrogens (tertiary/aromatic N) is 2. The molecule has 1 atom stereocenters. The minimum atomic E-state index is -1.04. The van der Waals surface area contributed by atoms with Crippen LogP contribution in [-0.4, -0.2) is 32.8 Å². The molecular weight excluding hydrogens is 306 g/mol. The van der Waals surface area contributed by atoms with E-state index in [-0.39, 0.29) is 17.5 Å². The molecule has 0 radical (unpaired) electrons. The van der Waals surface area contributed by atoms with Crippen molar-refractivity contribution in [2.24, 2.45) is 7.05 Å². The second-order valence-electron chi connectivity index (χ2n) is 6.24. The summed E-state index contributed by atoms with van der Waals surface area (Å²) >= 11 is 0. The van der Waals surface area contributed by atoms with Crippen molar-refractivity contribution in [2.45, 2.75) is 40.2 Å². The molecule has 0 aliphatic carbocycles. The highest BCUT2D eigenvalue weighted by molar-refractivity contribution is 5.97. The summed E-state index contributed by atoms with van der Waals surface area (Å²) in [5.74, 6) is -1.31. The predicted molar refractivity (Wildman–Crippen MR) is 91.5 cm³/mol. The Morgan fingerprint density at radius 3 is 2.38 bits per heavy atom. The smallest absolute Gasteiger partial charge is 0.335 e. The first-order valence-electron chi connectivity index (χ1n) is 7.84. The van der Waals surface area contributed by atoms with E-state index in [1.807, 2.05) is 32.5 Å². The third-order valence-corrected chi connectivity index (χ3v) is 4.13. The van der Waals surface area contributed by atoms with Gasteiger partial charge in [0.2, 0.25) is 0 Å². The first-order chi connectivity index (χ1) is 11.2. The van der Waals surface area contributed by atoms with E-state index in [9.17, 15) is 9.59 Å². The molecule has 1 heterocycles. The number of carbonyl (C=O) groups is 2. The van der Waals surface area contributed by atoms with Crippen LogP contribution >= 0.6 is 0 Å². The zero-order valence-electron chi connectivity index (χ0n) is 14.7. The second kappa shape index (κ2) is 6.86. The molecule has 1 amide bonds. The van der Waals surface area contributed by atoms with Gasteiger partial charge in [-0.1, -0.05) is 0 Å². The summed E-state index contributed by atoms with van der Waals surface area (Å²) in [4.78, 5) is 23.6. The van der Waals surface area contributed by atoms with E-state index in [0.29, 0.717) is 12.0 Å². The molecule has 0 aliphatic heterocycles. The number of carboxylic acid groups (broad SMARTS) is 1. The van der Waals surface area contributed by atoms with Crippen LogP contribution in [-0.2, 0) is 13.5 Å². The van der Waals surface area contributed by atoms with Crippen LogP contribution in [0.4, 0.5) is 0 Å². The number of hydrogen-bond acceptors (Lipinski definition) is 3. The van der Waals surface area contributed by atoms with Crippen molar-refractivity contribution < 1.29 is 14.7 Å². The molecule has 128 valence electrons. The van der Waals surface area contributed by atoms with Gasteiger partial charge >= 0.3 is 5.97 Å². The normalized spacial score (nSPS) is 12.0. The van der Waals surface area contributed by atoms with Gasteiger partial charge in [0.1, 0.15) is 0 Å². The molecule has 1 aromatic carbocycles. The molecule has 2 N–H and O–H groups in total. The van der Waals surface area contributed by atoms with E-state index in [1.165, 1.54) is 6.07 Å². The minimum absolute atomic E-state index is 0.0899. The number of carboxylic acids is 1. The van der Waals surface area contributed by atoms with Crippen LogP contribution in [0.2, 0.25) is 0 Å². The van der Waals surface area contributed by atoms with Gasteiger partial charge in [-0.05, 0) is 63.4 Å². The molecule has 0 fully saturated rings. The average molecular weight is 329 g/mol. The van der Waals surface area contributed by atoms with Crippen LogP contribution in [0.5, 0.6) is 0 Å². The van der Waals surface area contributed by atoms with E-state index in [4.69, 9.17) is 5.11 Å². The highest BCUT2D eigenvalue weighted by Crippen LogP contribution is 2.15. The number of carbonyl (C=O) groups excluding carboxylic acids is 1. The van der Waals surface area contributed by atoms with Crippen LogP contribution in [0.15, 0.2) is 18.2 Å². The number of nitrogens with one attached hydrogen (secondary N) is 1. The van der Waals surface area contributed by atoms with Gasteiger partial charge in [0, 0.05) is 24.3 Å². The standard InChI is InChI=1S/C18H23N3O3/c1-10-6-14(9-15(7-10)18(23)24)17(22)19-11(2)8-16-12(3)20-21(5)13(16)4/h6-7,9,11H,8H2,1-5H3,(H,19,22)(H,23,24). The lowest BCUT2D eigenvalue weighted by Gasteiger charge is -2.15. The van der Waals surface area contributed by atoms with Gasteiger partial charge in [-0.2, -0.15) is 5.10 Å². The lowest BCUT2D eigenvalue weighted by Crippen LogP contribution is -2.34. The largest absolute Gasteiger partial charge is 0.478 e. The minimum Gasteiger partial charge on any atom is -0.478 e. The molecule has 6 nitrogen and oxygen atoms in total. The predicted octanol–water partition coefficient (Wildman–Crippen LogP) is 2.40. The molecule has 1 aromatic heterocycles. The summed E-state index contributed by atoms with van der Waals surface area (Å²) in [6.07, 6.45) is 0.675. The molecule has 24 heavy (non-hydrogen) atoms. The lowest BCUT2D eigenvalue weighted by atomic mass is 10.0. The zero-order chi connectivity index (χ0) is 18.0. The van der Waals surface area contributed by atoms with Crippen molar-refractivity contribution >= 4 is 11.9 Å². The third-order valence-electron chi connectivity index (χ3n) is 4.13. The Morgan fingerprint density at radius 1 is 1.21 bits per heavy atom. The van der Waals surface area contributed by atoms with E-state index in [2.05, 4.69) is 10.4 Å². The van der Waals surface area contributed by atoms with Crippen molar-refractivity contribution in [1.29, 1.82) is 0 Å². The second-order valence-corrected chi connectivity index (χ2v) is 6.24. The molecule has 0 aliphatic rings. The summed E-state index contributed by atoms with van der Waals surface area (Å²) in [5, 5.41) is 16.4. The zero-order valence-corrected chi connectivity index (χ0v) is 14.7. The molecule has 2 aromatic rings. The highest BCUT2D eigenvalue weighted by Gasteiger charge is 2.17. The van der Waals surface area contributed by atoms with Crippen molar-refractivity contribution in [3.05, 3.63) is 51.8 Å². The number of amides is 1. The molecular formula is C18H23N3O3. The quantitative estimate of drug-likeness (QED) is 0.882.